The number of hydrogen-bond acceptors (Lipinski definition) is 3. The second-order valence-corrected chi connectivity index (χ2v) is 4.72. The highest BCUT2D eigenvalue weighted by molar-refractivity contribution is 6.07. The average Bonchev–Trinajstić information content (AvgIpc) is 2.86. The zero-order valence-electron chi connectivity index (χ0n) is 11.6. The number of carbonyl (C=O) groups excluding carboxylic acids is 1. The minimum absolute atomic E-state index is 0.0258. The van der Waals surface area contributed by atoms with Crippen molar-refractivity contribution in [2.24, 2.45) is 0 Å². The molecule has 1 aromatic carbocycles. The highest BCUT2D eigenvalue weighted by Crippen LogP contribution is 2.16. The summed E-state index contributed by atoms with van der Waals surface area (Å²) in [4.78, 5) is 18.6. The van der Waals surface area contributed by atoms with Crippen LogP contribution in [0, 0.1) is 0 Å². The Morgan fingerprint density at radius 3 is 2.84 bits per heavy atom. The van der Waals surface area contributed by atoms with Crippen LogP contribution in [-0.2, 0) is 6.54 Å². The van der Waals surface area contributed by atoms with E-state index in [1.807, 2.05) is 54.0 Å². The third-order valence-corrected chi connectivity index (χ3v) is 3.01. The number of ketones is 1. The van der Waals surface area contributed by atoms with Gasteiger partial charge in [-0.25, -0.2) is 4.98 Å². The van der Waals surface area contributed by atoms with Crippen molar-refractivity contribution in [3.63, 3.8) is 0 Å². The van der Waals surface area contributed by atoms with Gasteiger partial charge in [0, 0.05) is 44.3 Å². The van der Waals surface area contributed by atoms with Crippen LogP contribution < -0.4 is 4.90 Å². The predicted molar refractivity (Wildman–Crippen MR) is 76.7 cm³/mol. The van der Waals surface area contributed by atoms with E-state index in [-0.39, 0.29) is 5.78 Å². The van der Waals surface area contributed by atoms with Gasteiger partial charge in [-0.2, -0.15) is 0 Å². The summed E-state index contributed by atoms with van der Waals surface area (Å²) >= 11 is 0. The number of rotatable bonds is 5. The summed E-state index contributed by atoms with van der Waals surface area (Å²) in [6.45, 7) is 2.90. The molecule has 19 heavy (non-hydrogen) atoms. The van der Waals surface area contributed by atoms with E-state index in [1.54, 1.807) is 6.20 Å². The van der Waals surface area contributed by atoms with Crippen molar-refractivity contribution in [2.75, 3.05) is 19.0 Å². The van der Waals surface area contributed by atoms with Gasteiger partial charge in [0.2, 0.25) is 5.78 Å². The number of benzene rings is 1. The summed E-state index contributed by atoms with van der Waals surface area (Å²) in [6, 6.07) is 7.61. The molecule has 0 atom stereocenters. The molecule has 2 rings (SSSR count). The average molecular weight is 257 g/mol. The van der Waals surface area contributed by atoms with Crippen LogP contribution in [0.2, 0.25) is 0 Å². The third-order valence-electron chi connectivity index (χ3n) is 3.01. The molecule has 100 valence electrons. The molecule has 1 aromatic heterocycles. The third kappa shape index (κ3) is 2.84. The van der Waals surface area contributed by atoms with Crippen LogP contribution in [-0.4, -0.2) is 29.4 Å². The molecule has 0 amide bonds. The molecule has 0 aliphatic heterocycles. The van der Waals surface area contributed by atoms with Crippen molar-refractivity contribution in [3.8, 4) is 0 Å². The summed E-state index contributed by atoms with van der Waals surface area (Å²) in [5, 5.41) is 0. The number of hydrogen-bond donors (Lipinski definition) is 0. The molecule has 1 heterocycles. The molecule has 0 unspecified atom stereocenters. The first-order chi connectivity index (χ1) is 9.13. The molecule has 0 saturated heterocycles. The second kappa shape index (κ2) is 5.69. The fourth-order valence-electron chi connectivity index (χ4n) is 1.99. The van der Waals surface area contributed by atoms with Gasteiger partial charge in [-0.3, -0.25) is 4.79 Å². The van der Waals surface area contributed by atoms with Gasteiger partial charge in [-0.15, -0.1) is 0 Å². The smallest absolute Gasteiger partial charge is 0.228 e. The Hall–Kier alpha value is -2.10. The molecule has 2 aromatic rings. The van der Waals surface area contributed by atoms with Crippen LogP contribution in [0.1, 0.15) is 29.5 Å². The number of carbonyl (C=O) groups is 1. The SMILES string of the molecule is CCCn1ccnc1C(=O)c1cccc(N(C)C)c1. The van der Waals surface area contributed by atoms with E-state index in [0.717, 1.165) is 18.7 Å². The van der Waals surface area contributed by atoms with Crippen molar-refractivity contribution in [1.82, 2.24) is 9.55 Å². The lowest BCUT2D eigenvalue weighted by molar-refractivity contribution is 0.102. The number of aryl methyl sites for hydroxylation is 1. The van der Waals surface area contributed by atoms with Crippen molar-refractivity contribution < 1.29 is 4.79 Å². The van der Waals surface area contributed by atoms with Gasteiger partial charge < -0.3 is 9.47 Å². The van der Waals surface area contributed by atoms with Crippen LogP contribution in [0.4, 0.5) is 5.69 Å². The molecular formula is C15H19N3O. The van der Waals surface area contributed by atoms with Crippen LogP contribution in [0.5, 0.6) is 0 Å². The van der Waals surface area contributed by atoms with E-state index in [1.165, 1.54) is 0 Å². The maximum Gasteiger partial charge on any atom is 0.228 e. The van der Waals surface area contributed by atoms with Gasteiger partial charge in [0.05, 0.1) is 0 Å². The van der Waals surface area contributed by atoms with Crippen LogP contribution in [0.25, 0.3) is 0 Å². The molecule has 0 bridgehead atoms. The van der Waals surface area contributed by atoms with E-state index in [9.17, 15) is 4.79 Å². The lowest BCUT2D eigenvalue weighted by Crippen LogP contribution is -2.13. The maximum atomic E-state index is 12.5. The molecule has 0 saturated carbocycles. The molecular weight excluding hydrogens is 238 g/mol. The molecule has 0 spiro atoms. The van der Waals surface area contributed by atoms with Gasteiger partial charge in [0.15, 0.2) is 5.82 Å². The highest BCUT2D eigenvalue weighted by Gasteiger charge is 2.15. The molecule has 0 radical (unpaired) electrons. The van der Waals surface area contributed by atoms with Crippen molar-refractivity contribution in [2.45, 2.75) is 19.9 Å². The summed E-state index contributed by atoms with van der Waals surface area (Å²) in [7, 11) is 3.92. The van der Waals surface area contributed by atoms with Gasteiger partial charge in [-0.05, 0) is 18.6 Å². The first-order valence-corrected chi connectivity index (χ1v) is 6.46. The number of aromatic nitrogens is 2. The highest BCUT2D eigenvalue weighted by atomic mass is 16.1. The van der Waals surface area contributed by atoms with E-state index in [4.69, 9.17) is 0 Å². The second-order valence-electron chi connectivity index (χ2n) is 4.72. The zero-order chi connectivity index (χ0) is 13.8. The molecule has 0 fully saturated rings. The monoisotopic (exact) mass is 257 g/mol. The Bertz CT molecular complexity index is 572. The molecule has 0 aliphatic carbocycles. The minimum Gasteiger partial charge on any atom is -0.378 e. The molecule has 0 N–H and O–H groups in total. The van der Waals surface area contributed by atoms with Crippen LogP contribution >= 0.6 is 0 Å². The summed E-state index contributed by atoms with van der Waals surface area (Å²) < 4.78 is 1.91. The van der Waals surface area contributed by atoms with Gasteiger partial charge in [0.1, 0.15) is 0 Å². The zero-order valence-corrected chi connectivity index (χ0v) is 11.6. The standard InChI is InChI=1S/C15H19N3O/c1-4-9-18-10-8-16-15(18)14(19)12-6-5-7-13(11-12)17(2)3/h5-8,10-11H,4,9H2,1-3H3. The summed E-state index contributed by atoms with van der Waals surface area (Å²) in [5.41, 5.74) is 1.69. The first kappa shape index (κ1) is 13.3. The lowest BCUT2D eigenvalue weighted by Gasteiger charge is -2.13. The predicted octanol–water partition coefficient (Wildman–Crippen LogP) is 2.59. The van der Waals surface area contributed by atoms with Crippen LogP contribution in [0.15, 0.2) is 36.7 Å². The normalized spacial score (nSPS) is 10.5. The number of anilines is 1. The first-order valence-electron chi connectivity index (χ1n) is 6.46. The Balaban J connectivity index is 2.33. The lowest BCUT2D eigenvalue weighted by atomic mass is 10.1. The Morgan fingerprint density at radius 2 is 2.16 bits per heavy atom. The van der Waals surface area contributed by atoms with Crippen molar-refractivity contribution in [3.05, 3.63) is 48.0 Å². The van der Waals surface area contributed by atoms with E-state index in [2.05, 4.69) is 11.9 Å². The molecule has 4 nitrogen and oxygen atoms in total. The van der Waals surface area contributed by atoms with Crippen molar-refractivity contribution in [1.29, 1.82) is 0 Å². The number of nitrogens with zero attached hydrogens (tertiary/aromatic N) is 3. The van der Waals surface area contributed by atoms with Gasteiger partial charge in [0.25, 0.3) is 0 Å². The van der Waals surface area contributed by atoms with Gasteiger partial charge in [-0.1, -0.05) is 19.1 Å². The number of imidazole rings is 1. The Morgan fingerprint density at radius 1 is 1.37 bits per heavy atom. The Labute approximate surface area is 113 Å². The van der Waals surface area contributed by atoms with E-state index >= 15 is 0 Å². The fraction of sp³-hybridized carbons (Fsp3) is 0.333. The van der Waals surface area contributed by atoms with Gasteiger partial charge >= 0.3 is 0 Å². The maximum absolute atomic E-state index is 12.5. The summed E-state index contributed by atoms with van der Waals surface area (Å²) in [6.07, 6.45) is 4.51. The van der Waals surface area contributed by atoms with E-state index in [0.29, 0.717) is 11.4 Å². The quantitative estimate of drug-likeness (QED) is 0.773. The minimum atomic E-state index is -0.0258. The topological polar surface area (TPSA) is 38.1 Å². The van der Waals surface area contributed by atoms with Crippen LogP contribution in [0.3, 0.4) is 0 Å². The van der Waals surface area contributed by atoms with E-state index < -0.39 is 0 Å². The fourth-order valence-corrected chi connectivity index (χ4v) is 1.99. The Kier molecular flexibility index (Phi) is 4.00. The summed E-state index contributed by atoms with van der Waals surface area (Å²) in [5.74, 6) is 0.486. The largest absolute Gasteiger partial charge is 0.378 e. The molecule has 4 heteroatoms. The van der Waals surface area contributed by atoms with Crippen molar-refractivity contribution >= 4 is 11.5 Å². The molecule has 0 aliphatic rings.